The number of ether oxygens (including phenoxy) is 2. The Kier molecular flexibility index (Phi) is 7.11. The van der Waals surface area contributed by atoms with Crippen molar-refractivity contribution in [2.24, 2.45) is 0 Å². The Hall–Kier alpha value is -1.76. The average Bonchev–Trinajstić information content (AvgIpc) is 2.54. The van der Waals surface area contributed by atoms with Crippen LogP contribution >= 0.6 is 22.6 Å². The van der Waals surface area contributed by atoms with E-state index in [0.29, 0.717) is 13.2 Å². The maximum atomic E-state index is 11.7. The van der Waals surface area contributed by atoms with Crippen LogP contribution in [0.3, 0.4) is 0 Å². The van der Waals surface area contributed by atoms with Gasteiger partial charge in [0.2, 0.25) is 0 Å². The van der Waals surface area contributed by atoms with Crippen LogP contribution in [0, 0.1) is 3.57 Å². The maximum Gasteiger partial charge on any atom is 0.407 e. The third-order valence-corrected chi connectivity index (χ3v) is 4.34. The number of hydrogen-bond acceptors (Lipinski definition) is 3. The first kappa shape index (κ1) is 19.6. The normalized spacial score (nSPS) is 11.0. The van der Waals surface area contributed by atoms with Crippen molar-refractivity contribution in [2.75, 3.05) is 6.54 Å². The molecule has 0 unspecified atom stereocenters. The number of carbonyl (C=O) groups excluding carboxylic acids is 1. The molecule has 2 aromatic carbocycles. The van der Waals surface area contributed by atoms with Crippen molar-refractivity contribution in [1.82, 2.24) is 5.32 Å². The van der Waals surface area contributed by atoms with Crippen LogP contribution in [0.1, 0.15) is 31.9 Å². The second-order valence-electron chi connectivity index (χ2n) is 6.71. The summed E-state index contributed by atoms with van der Waals surface area (Å²) in [6.07, 6.45) is 0.363. The first-order valence-corrected chi connectivity index (χ1v) is 9.33. The molecular weight excluding hydrogens is 429 g/mol. The number of halogens is 1. The zero-order valence-electron chi connectivity index (χ0n) is 14.8. The van der Waals surface area contributed by atoms with Crippen LogP contribution in [0.5, 0.6) is 5.75 Å². The number of alkyl carbamates (subject to hydrolysis) is 1. The molecule has 5 heteroatoms. The van der Waals surface area contributed by atoms with Gasteiger partial charge in [-0.15, -0.1) is 0 Å². The molecule has 0 aromatic heterocycles. The maximum absolute atomic E-state index is 11.7. The van der Waals surface area contributed by atoms with Crippen molar-refractivity contribution in [2.45, 2.75) is 39.4 Å². The summed E-state index contributed by atoms with van der Waals surface area (Å²) in [7, 11) is 0. The van der Waals surface area contributed by atoms with Crippen LogP contribution in [0.2, 0.25) is 0 Å². The molecule has 0 atom stereocenters. The van der Waals surface area contributed by atoms with Crippen LogP contribution < -0.4 is 10.1 Å². The van der Waals surface area contributed by atoms with Crippen molar-refractivity contribution in [3.05, 3.63) is 63.2 Å². The van der Waals surface area contributed by atoms with E-state index in [2.05, 4.69) is 27.9 Å². The molecular formula is C20H24INO3. The second-order valence-corrected chi connectivity index (χ2v) is 7.87. The molecule has 0 bridgehead atoms. The number of hydrogen-bond donors (Lipinski definition) is 1. The summed E-state index contributed by atoms with van der Waals surface area (Å²) in [5, 5.41) is 2.78. The van der Waals surface area contributed by atoms with E-state index < -0.39 is 5.60 Å². The van der Waals surface area contributed by atoms with Gasteiger partial charge in [0.15, 0.2) is 0 Å². The molecule has 2 rings (SSSR count). The summed E-state index contributed by atoms with van der Waals surface area (Å²) in [6, 6.07) is 16.1. The standard InChI is InChI=1S/C20H24INO3/c1-20(2,3)25-19(23)22-12-11-16-9-10-17(13-18(16)21)24-14-15-7-5-4-6-8-15/h4-10,13H,11-12,14H2,1-3H3,(H,22,23). The van der Waals surface area contributed by atoms with Crippen molar-refractivity contribution >= 4 is 28.7 Å². The Morgan fingerprint density at radius 2 is 1.84 bits per heavy atom. The molecule has 0 heterocycles. The lowest BCUT2D eigenvalue weighted by molar-refractivity contribution is 0.0528. The molecule has 0 aliphatic rings. The molecule has 4 nitrogen and oxygen atoms in total. The van der Waals surface area contributed by atoms with Gasteiger partial charge in [-0.2, -0.15) is 0 Å². The molecule has 1 amide bonds. The molecule has 1 N–H and O–H groups in total. The number of rotatable bonds is 6. The molecule has 25 heavy (non-hydrogen) atoms. The van der Waals surface area contributed by atoms with Gasteiger partial charge in [-0.1, -0.05) is 36.4 Å². The molecule has 134 valence electrons. The third-order valence-electron chi connectivity index (χ3n) is 3.34. The average molecular weight is 453 g/mol. The van der Waals surface area contributed by atoms with E-state index in [1.807, 2.05) is 69.3 Å². The van der Waals surface area contributed by atoms with Gasteiger partial charge < -0.3 is 14.8 Å². The fraction of sp³-hybridized carbons (Fsp3) is 0.350. The lowest BCUT2D eigenvalue weighted by Gasteiger charge is -2.19. The van der Waals surface area contributed by atoms with E-state index in [4.69, 9.17) is 9.47 Å². The Balaban J connectivity index is 1.82. The monoisotopic (exact) mass is 453 g/mol. The predicted molar refractivity (Wildman–Crippen MR) is 108 cm³/mol. The molecule has 0 saturated carbocycles. The Labute approximate surface area is 163 Å². The minimum atomic E-state index is -0.476. The molecule has 0 spiro atoms. The van der Waals surface area contributed by atoms with Crippen molar-refractivity contribution in [3.63, 3.8) is 0 Å². The Morgan fingerprint density at radius 3 is 2.48 bits per heavy atom. The lowest BCUT2D eigenvalue weighted by atomic mass is 10.1. The van der Waals surface area contributed by atoms with Gasteiger partial charge >= 0.3 is 6.09 Å². The fourth-order valence-electron chi connectivity index (χ4n) is 2.17. The van der Waals surface area contributed by atoms with Gasteiger partial charge in [-0.25, -0.2) is 4.79 Å². The third kappa shape index (κ3) is 7.34. The van der Waals surface area contributed by atoms with Crippen molar-refractivity contribution < 1.29 is 14.3 Å². The number of benzene rings is 2. The summed E-state index contributed by atoms with van der Waals surface area (Å²) in [5.74, 6) is 0.845. The van der Waals surface area contributed by atoms with E-state index in [9.17, 15) is 4.79 Å². The van der Waals surface area contributed by atoms with E-state index in [0.717, 1.165) is 21.3 Å². The predicted octanol–water partition coefficient (Wildman–Crippen LogP) is 4.94. The molecule has 0 saturated heterocycles. The SMILES string of the molecule is CC(C)(C)OC(=O)NCCc1ccc(OCc2ccccc2)cc1I. The van der Waals surface area contributed by atoms with Gasteiger partial charge in [0.1, 0.15) is 18.0 Å². The van der Waals surface area contributed by atoms with E-state index >= 15 is 0 Å². The molecule has 0 aliphatic carbocycles. The largest absolute Gasteiger partial charge is 0.489 e. The van der Waals surface area contributed by atoms with Crippen LogP contribution in [-0.2, 0) is 17.8 Å². The summed E-state index contributed by atoms with van der Waals surface area (Å²) in [4.78, 5) is 11.7. The van der Waals surface area contributed by atoms with Gasteiger partial charge in [0.05, 0.1) is 0 Å². The van der Waals surface area contributed by atoms with Crippen LogP contribution in [-0.4, -0.2) is 18.2 Å². The highest BCUT2D eigenvalue weighted by Gasteiger charge is 2.15. The summed E-state index contributed by atoms with van der Waals surface area (Å²) >= 11 is 2.30. The fourth-order valence-corrected chi connectivity index (χ4v) is 2.93. The first-order chi connectivity index (χ1) is 11.8. The topological polar surface area (TPSA) is 47.6 Å². The van der Waals surface area contributed by atoms with Gasteiger partial charge in [-0.3, -0.25) is 0 Å². The van der Waals surface area contributed by atoms with Crippen LogP contribution in [0.4, 0.5) is 4.79 Å². The quantitative estimate of drug-likeness (QED) is 0.631. The number of nitrogens with one attached hydrogen (secondary N) is 1. The van der Waals surface area contributed by atoms with Gasteiger partial charge in [0.25, 0.3) is 0 Å². The zero-order chi connectivity index (χ0) is 18.3. The number of carbonyl (C=O) groups is 1. The summed E-state index contributed by atoms with van der Waals surface area (Å²) in [6.45, 7) is 6.64. The highest BCUT2D eigenvalue weighted by atomic mass is 127. The zero-order valence-corrected chi connectivity index (χ0v) is 17.0. The van der Waals surface area contributed by atoms with E-state index in [1.165, 1.54) is 5.56 Å². The minimum absolute atomic E-state index is 0.384. The Morgan fingerprint density at radius 1 is 1.12 bits per heavy atom. The van der Waals surface area contributed by atoms with E-state index in [1.54, 1.807) is 0 Å². The highest BCUT2D eigenvalue weighted by molar-refractivity contribution is 14.1. The van der Waals surface area contributed by atoms with Crippen molar-refractivity contribution in [1.29, 1.82) is 0 Å². The summed E-state index contributed by atoms with van der Waals surface area (Å²) < 4.78 is 12.2. The molecule has 0 radical (unpaired) electrons. The van der Waals surface area contributed by atoms with Crippen molar-refractivity contribution in [3.8, 4) is 5.75 Å². The molecule has 0 fully saturated rings. The first-order valence-electron chi connectivity index (χ1n) is 8.25. The number of amides is 1. The highest BCUT2D eigenvalue weighted by Crippen LogP contribution is 2.21. The lowest BCUT2D eigenvalue weighted by Crippen LogP contribution is -2.33. The molecule has 2 aromatic rings. The molecule has 0 aliphatic heterocycles. The second kappa shape index (κ2) is 9.08. The van der Waals surface area contributed by atoms with Gasteiger partial charge in [-0.05, 0) is 73.0 Å². The van der Waals surface area contributed by atoms with Crippen LogP contribution in [0.15, 0.2) is 48.5 Å². The minimum Gasteiger partial charge on any atom is -0.489 e. The van der Waals surface area contributed by atoms with Crippen LogP contribution in [0.25, 0.3) is 0 Å². The van der Waals surface area contributed by atoms with E-state index in [-0.39, 0.29) is 6.09 Å². The smallest absolute Gasteiger partial charge is 0.407 e. The van der Waals surface area contributed by atoms with Gasteiger partial charge in [0, 0.05) is 10.1 Å². The summed E-state index contributed by atoms with van der Waals surface area (Å²) in [5.41, 5.74) is 1.84. The Bertz CT molecular complexity index is 696.